The van der Waals surface area contributed by atoms with E-state index in [4.69, 9.17) is 30.9 Å². The second-order valence-corrected chi connectivity index (χ2v) is 10.3. The third kappa shape index (κ3) is 4.69. The van der Waals surface area contributed by atoms with Gasteiger partial charge in [-0.2, -0.15) is 0 Å². The summed E-state index contributed by atoms with van der Waals surface area (Å²) in [5.41, 5.74) is -1.51. The minimum absolute atomic E-state index is 0.0278. The van der Waals surface area contributed by atoms with Crippen LogP contribution in [-0.2, 0) is 20.7 Å². The Labute approximate surface area is 238 Å². The summed E-state index contributed by atoms with van der Waals surface area (Å²) in [5, 5.41) is 42.6. The second-order valence-electron chi connectivity index (χ2n) is 9.97. The van der Waals surface area contributed by atoms with Gasteiger partial charge >= 0.3 is 5.97 Å². The predicted molar refractivity (Wildman–Crippen MR) is 150 cm³/mol. The predicted octanol–water partition coefficient (Wildman–Crippen LogP) is 4.13. The van der Waals surface area contributed by atoms with Crippen LogP contribution >= 0.6 is 11.6 Å². The normalized spacial score (nSPS) is 26.1. The molecule has 4 N–H and O–H groups in total. The van der Waals surface area contributed by atoms with E-state index in [1.165, 1.54) is 19.2 Å². The number of ether oxygens (including phenoxy) is 3. The van der Waals surface area contributed by atoms with Crippen molar-refractivity contribution in [2.45, 2.75) is 43.0 Å². The summed E-state index contributed by atoms with van der Waals surface area (Å²) >= 11 is 5.27. The van der Waals surface area contributed by atoms with Crippen LogP contribution in [0.15, 0.2) is 66.7 Å². The van der Waals surface area contributed by atoms with Crippen molar-refractivity contribution in [1.29, 1.82) is 0 Å². The first-order chi connectivity index (χ1) is 19.2. The summed E-state index contributed by atoms with van der Waals surface area (Å²) < 4.78 is 17.0. The molecule has 40 heavy (non-hydrogen) atoms. The van der Waals surface area contributed by atoms with Gasteiger partial charge in [0.25, 0.3) is 0 Å². The number of phenols is 1. The maximum absolute atomic E-state index is 13.1. The fraction of sp³-hybridized carbons (Fsp3) is 0.387. The number of aliphatic hydroxyl groups excluding tert-OH is 2. The van der Waals surface area contributed by atoms with E-state index in [2.05, 4.69) is 0 Å². The number of halogens is 1. The lowest BCUT2D eigenvalue weighted by molar-refractivity contribution is -0.161. The number of benzene rings is 3. The van der Waals surface area contributed by atoms with E-state index in [0.717, 1.165) is 12.8 Å². The fourth-order valence-electron chi connectivity index (χ4n) is 6.11. The highest BCUT2D eigenvalue weighted by molar-refractivity contribution is 6.17. The Morgan fingerprint density at radius 3 is 2.27 bits per heavy atom. The molecule has 8 nitrogen and oxygen atoms in total. The van der Waals surface area contributed by atoms with Gasteiger partial charge in [0, 0.05) is 30.0 Å². The zero-order chi connectivity index (χ0) is 29.1. The zero-order valence-electron chi connectivity index (χ0n) is 22.7. The first-order valence-electron chi connectivity index (χ1n) is 13.1. The molecule has 1 aliphatic heterocycles. The summed E-state index contributed by atoms with van der Waals surface area (Å²) in [4.78, 5) is 13.1. The number of carbonyl (C=O) groups excluding carboxylic acids is 1. The minimum atomic E-state index is -2.02. The van der Waals surface area contributed by atoms with Crippen LogP contribution in [0.1, 0.15) is 41.0 Å². The van der Waals surface area contributed by atoms with E-state index < -0.39 is 35.1 Å². The lowest BCUT2D eigenvalue weighted by Gasteiger charge is -2.41. The van der Waals surface area contributed by atoms with Gasteiger partial charge in [-0.3, -0.25) is 4.79 Å². The van der Waals surface area contributed by atoms with Gasteiger partial charge in [0.05, 0.1) is 20.1 Å². The molecule has 0 amide bonds. The van der Waals surface area contributed by atoms with E-state index in [0.29, 0.717) is 33.9 Å². The molecule has 1 fully saturated rings. The van der Waals surface area contributed by atoms with E-state index in [-0.39, 0.29) is 18.1 Å². The van der Waals surface area contributed by atoms with Gasteiger partial charge in [-0.1, -0.05) is 42.5 Å². The molecule has 214 valence electrons. The Hall–Kier alpha value is -3.30. The molecule has 2 aliphatic rings. The van der Waals surface area contributed by atoms with Crippen molar-refractivity contribution < 1.29 is 39.4 Å². The lowest BCUT2D eigenvalue weighted by Crippen LogP contribution is -2.52. The van der Waals surface area contributed by atoms with Gasteiger partial charge in [-0.05, 0) is 54.7 Å². The number of fused-ring (bicyclic) bond motifs is 3. The van der Waals surface area contributed by atoms with Crippen LogP contribution in [0.4, 0.5) is 0 Å². The van der Waals surface area contributed by atoms with Crippen molar-refractivity contribution >= 4 is 17.6 Å². The number of hydrogen-bond acceptors (Lipinski definition) is 8. The number of unbranched alkanes of at least 4 members (excludes halogenated alkanes) is 1. The maximum Gasteiger partial charge on any atom is 0.312 e. The molecule has 1 saturated carbocycles. The van der Waals surface area contributed by atoms with Crippen molar-refractivity contribution in [3.8, 4) is 17.2 Å². The number of rotatable bonds is 7. The molecule has 5 atom stereocenters. The molecule has 0 saturated heterocycles. The number of aliphatic hydroxyl groups is 3. The van der Waals surface area contributed by atoms with E-state index in [1.54, 1.807) is 38.3 Å². The molecule has 0 radical (unpaired) electrons. The fourth-order valence-corrected chi connectivity index (χ4v) is 6.30. The molecular weight excluding hydrogens is 536 g/mol. The van der Waals surface area contributed by atoms with E-state index in [1.807, 2.05) is 30.3 Å². The average Bonchev–Trinajstić information content (AvgIpc) is 3.34. The molecular formula is C31H35ClO8. The highest BCUT2D eigenvalue weighted by Crippen LogP contribution is 2.69. The quantitative estimate of drug-likeness (QED) is 0.190. The Morgan fingerprint density at radius 1 is 1.05 bits per heavy atom. The smallest absolute Gasteiger partial charge is 0.312 e. The number of methoxy groups -OCH3 is 2. The third-order valence-corrected chi connectivity index (χ3v) is 8.03. The summed E-state index contributed by atoms with van der Waals surface area (Å²) in [6.45, 7) is 1.99. The van der Waals surface area contributed by atoms with Crippen LogP contribution in [0.5, 0.6) is 17.2 Å². The molecule has 1 unspecified atom stereocenters. The zero-order valence-corrected chi connectivity index (χ0v) is 23.5. The van der Waals surface area contributed by atoms with Crippen LogP contribution < -0.4 is 9.47 Å². The average molecular weight is 571 g/mol. The highest BCUT2D eigenvalue weighted by Gasteiger charge is 2.77. The van der Waals surface area contributed by atoms with Gasteiger partial charge in [-0.25, -0.2) is 0 Å². The van der Waals surface area contributed by atoms with Crippen LogP contribution in [0.25, 0.3) is 0 Å². The van der Waals surface area contributed by atoms with Gasteiger partial charge < -0.3 is 34.6 Å². The van der Waals surface area contributed by atoms with Crippen molar-refractivity contribution in [2.75, 3.05) is 26.7 Å². The summed E-state index contributed by atoms with van der Waals surface area (Å²) in [5.74, 6) is -1.10. The lowest BCUT2D eigenvalue weighted by atomic mass is 9.70. The number of hydrogen-bond donors (Lipinski definition) is 4. The number of aryl methyl sites for hydroxylation is 1. The van der Waals surface area contributed by atoms with Crippen molar-refractivity contribution in [2.24, 2.45) is 5.92 Å². The van der Waals surface area contributed by atoms with Crippen molar-refractivity contribution in [3.63, 3.8) is 0 Å². The van der Waals surface area contributed by atoms with E-state index >= 15 is 0 Å². The Kier molecular flexibility index (Phi) is 8.95. The molecule has 1 aliphatic carbocycles. The first-order valence-corrected chi connectivity index (χ1v) is 13.6. The van der Waals surface area contributed by atoms with E-state index in [9.17, 15) is 20.1 Å². The summed E-state index contributed by atoms with van der Waals surface area (Å²) in [7, 11) is 2.81. The van der Waals surface area contributed by atoms with Crippen LogP contribution in [0.3, 0.4) is 0 Å². The SMILES string of the molecule is COC(=O)C1[C@H](O)[C@]2(O)c3c(C)cc(O)cc3O[C@]2(c2ccc(OC)cc2)[C@H]1c1ccccc1.OCCCCCl. The number of esters is 1. The second kappa shape index (κ2) is 12.1. The molecule has 9 heteroatoms. The molecule has 0 aromatic heterocycles. The number of aromatic hydroxyl groups is 1. The number of carbonyl (C=O) groups is 1. The first kappa shape index (κ1) is 29.7. The number of phenolic OH excluding ortho intramolecular Hbond substituents is 1. The topological polar surface area (TPSA) is 126 Å². The Balaban J connectivity index is 0.000000557. The van der Waals surface area contributed by atoms with Crippen molar-refractivity contribution in [3.05, 3.63) is 89.0 Å². The monoisotopic (exact) mass is 570 g/mol. The Bertz CT molecular complexity index is 1310. The minimum Gasteiger partial charge on any atom is -0.508 e. The van der Waals surface area contributed by atoms with Gasteiger partial charge in [0.2, 0.25) is 0 Å². The summed E-state index contributed by atoms with van der Waals surface area (Å²) in [6.07, 6.45) is 0.207. The molecule has 0 bridgehead atoms. The maximum atomic E-state index is 13.1. The van der Waals surface area contributed by atoms with Gasteiger partial charge in [-0.15, -0.1) is 11.6 Å². The highest BCUT2D eigenvalue weighted by atomic mass is 35.5. The molecule has 0 spiro atoms. The molecule has 5 rings (SSSR count). The molecule has 3 aromatic rings. The van der Waals surface area contributed by atoms with Crippen LogP contribution in [0, 0.1) is 12.8 Å². The van der Waals surface area contributed by atoms with Crippen LogP contribution in [-0.4, -0.2) is 59.2 Å². The molecule has 1 heterocycles. The van der Waals surface area contributed by atoms with Gasteiger partial charge in [0.1, 0.15) is 23.4 Å². The molecule has 3 aromatic carbocycles. The largest absolute Gasteiger partial charge is 0.508 e. The summed E-state index contributed by atoms with van der Waals surface area (Å²) in [6, 6.07) is 19.1. The Morgan fingerprint density at radius 2 is 1.73 bits per heavy atom. The van der Waals surface area contributed by atoms with Crippen molar-refractivity contribution in [1.82, 2.24) is 0 Å². The third-order valence-electron chi connectivity index (χ3n) is 7.76. The number of alkyl halides is 1. The van der Waals surface area contributed by atoms with Crippen LogP contribution in [0.2, 0.25) is 0 Å². The standard InChI is InChI=1S/C27H26O7.C4H9ClO/c1-15-13-18(28)14-20-22(15)26(31)24(29)21(25(30)33-3)23(16-7-5-4-6-8-16)27(26,34-20)17-9-11-19(32-2)12-10-17;5-3-1-2-4-6/h4-14,21,23-24,28-29,31H,1-3H3;6H,1-4H2/t21?,23-,24-,26+,27+;/m0./s1. The van der Waals surface area contributed by atoms with Gasteiger partial charge in [0.15, 0.2) is 11.2 Å².